The fourth-order valence-corrected chi connectivity index (χ4v) is 5.53. The molecule has 0 aliphatic heterocycles. The van der Waals surface area contributed by atoms with Gasteiger partial charge in [-0.15, -0.1) is 21.5 Å². The summed E-state index contributed by atoms with van der Waals surface area (Å²) in [5.41, 5.74) is 3.72. The Bertz CT molecular complexity index is 1500. The Labute approximate surface area is 199 Å². The van der Waals surface area contributed by atoms with Gasteiger partial charge in [-0.1, -0.05) is 48.5 Å². The van der Waals surface area contributed by atoms with Crippen molar-refractivity contribution < 1.29 is 4.42 Å². The van der Waals surface area contributed by atoms with Gasteiger partial charge in [0.1, 0.15) is 0 Å². The number of thioether (sulfide) groups is 1. The van der Waals surface area contributed by atoms with Crippen LogP contribution >= 0.6 is 23.1 Å². The maximum Gasteiger partial charge on any atom is 0.266 e. The molecule has 0 N–H and O–H groups in total. The number of rotatable bonds is 6. The van der Waals surface area contributed by atoms with Gasteiger partial charge in [0.05, 0.1) is 27.2 Å². The molecule has 0 aliphatic rings. The Morgan fingerprint density at radius 1 is 1.06 bits per heavy atom. The van der Waals surface area contributed by atoms with E-state index in [1.165, 1.54) is 22.2 Å². The van der Waals surface area contributed by atoms with E-state index in [0.29, 0.717) is 33.6 Å². The van der Waals surface area contributed by atoms with Crippen molar-refractivity contribution in [1.82, 2.24) is 19.7 Å². The molecule has 0 aliphatic carbocycles. The molecule has 0 spiro atoms. The normalized spacial score (nSPS) is 11.4. The molecule has 3 aromatic heterocycles. The first kappa shape index (κ1) is 21.6. The third-order valence-corrected chi connectivity index (χ3v) is 7.67. The maximum absolute atomic E-state index is 13.4. The van der Waals surface area contributed by atoms with Crippen LogP contribution in [0.25, 0.3) is 27.4 Å². The highest BCUT2D eigenvalue weighted by atomic mass is 32.2. The first-order chi connectivity index (χ1) is 16.0. The van der Waals surface area contributed by atoms with Gasteiger partial charge in [-0.05, 0) is 56.2 Å². The van der Waals surface area contributed by atoms with Crippen molar-refractivity contribution in [3.8, 4) is 16.5 Å². The summed E-state index contributed by atoms with van der Waals surface area (Å²) < 4.78 is 7.59. The van der Waals surface area contributed by atoms with E-state index in [9.17, 15) is 4.79 Å². The van der Waals surface area contributed by atoms with Crippen molar-refractivity contribution in [1.29, 1.82) is 0 Å². The molecule has 0 atom stereocenters. The van der Waals surface area contributed by atoms with E-state index in [0.717, 1.165) is 22.5 Å². The van der Waals surface area contributed by atoms with Gasteiger partial charge in [0.15, 0.2) is 5.16 Å². The molecule has 0 saturated heterocycles. The minimum absolute atomic E-state index is 0.0978. The highest BCUT2D eigenvalue weighted by Gasteiger charge is 2.17. The number of hydrogen-bond donors (Lipinski definition) is 0. The van der Waals surface area contributed by atoms with Crippen LogP contribution in [0.5, 0.6) is 0 Å². The highest BCUT2D eigenvalue weighted by molar-refractivity contribution is 7.98. The lowest BCUT2D eigenvalue weighted by Gasteiger charge is -2.13. The number of hydrogen-bond acceptors (Lipinski definition) is 7. The summed E-state index contributed by atoms with van der Waals surface area (Å²) in [6.45, 7) is 6.26. The predicted molar refractivity (Wildman–Crippen MR) is 133 cm³/mol. The van der Waals surface area contributed by atoms with Crippen LogP contribution in [-0.4, -0.2) is 19.7 Å². The van der Waals surface area contributed by atoms with Gasteiger partial charge >= 0.3 is 0 Å². The Balaban J connectivity index is 1.49. The van der Waals surface area contributed by atoms with E-state index < -0.39 is 0 Å². The van der Waals surface area contributed by atoms with E-state index in [-0.39, 0.29) is 5.56 Å². The van der Waals surface area contributed by atoms with Gasteiger partial charge < -0.3 is 4.42 Å². The van der Waals surface area contributed by atoms with E-state index in [1.807, 2.05) is 55.5 Å². The number of benzene rings is 2. The average Bonchev–Trinajstić information content (AvgIpc) is 3.45. The molecule has 0 unspecified atom stereocenters. The minimum Gasteiger partial charge on any atom is -0.419 e. The molecule has 33 heavy (non-hydrogen) atoms. The molecule has 0 bridgehead atoms. The topological polar surface area (TPSA) is 73.8 Å². The van der Waals surface area contributed by atoms with E-state index in [4.69, 9.17) is 9.40 Å². The molecule has 2 aromatic carbocycles. The van der Waals surface area contributed by atoms with Crippen LogP contribution in [0.1, 0.15) is 28.8 Å². The molecule has 8 heteroatoms. The molecular weight excluding hydrogens is 452 g/mol. The van der Waals surface area contributed by atoms with Gasteiger partial charge in [0.2, 0.25) is 5.89 Å². The number of nitrogens with zero attached hydrogens (tertiary/aromatic N) is 4. The molecule has 5 rings (SSSR count). The third kappa shape index (κ3) is 4.24. The molecule has 6 nitrogen and oxygen atoms in total. The molecule has 0 amide bonds. The quantitative estimate of drug-likeness (QED) is 0.223. The fourth-order valence-electron chi connectivity index (χ4n) is 3.64. The first-order valence-corrected chi connectivity index (χ1v) is 12.5. The predicted octanol–water partition coefficient (Wildman–Crippen LogP) is 5.97. The highest BCUT2D eigenvalue weighted by Crippen LogP contribution is 2.32. The summed E-state index contributed by atoms with van der Waals surface area (Å²) in [5.74, 6) is 1.44. The molecule has 5 aromatic rings. The van der Waals surface area contributed by atoms with Gasteiger partial charge in [0, 0.05) is 4.88 Å². The summed E-state index contributed by atoms with van der Waals surface area (Å²) in [6, 6.07) is 17.3. The second-order valence-electron chi connectivity index (χ2n) is 7.75. The number of aromatic nitrogens is 4. The lowest BCUT2D eigenvalue weighted by atomic mass is 10.2. The fraction of sp³-hybridized carbons (Fsp3) is 0.200. The van der Waals surface area contributed by atoms with E-state index >= 15 is 0 Å². The van der Waals surface area contributed by atoms with Crippen molar-refractivity contribution in [2.24, 2.45) is 0 Å². The third-order valence-electron chi connectivity index (χ3n) is 5.38. The molecule has 166 valence electrons. The molecule has 0 saturated carbocycles. The SMILES string of the molecule is CCc1sc(-c2nnc(CSc3nc4ccccc4c(=O)n3-c3ccc(C)cc3)o2)cc1C. The smallest absolute Gasteiger partial charge is 0.266 e. The Morgan fingerprint density at radius 2 is 1.85 bits per heavy atom. The van der Waals surface area contributed by atoms with Gasteiger partial charge in [-0.2, -0.15) is 0 Å². The molecule has 0 radical (unpaired) electrons. The maximum atomic E-state index is 13.4. The van der Waals surface area contributed by atoms with Gasteiger partial charge in [0.25, 0.3) is 11.4 Å². The Hall–Kier alpha value is -3.23. The largest absolute Gasteiger partial charge is 0.419 e. The summed E-state index contributed by atoms with van der Waals surface area (Å²) in [4.78, 5) is 20.4. The zero-order chi connectivity index (χ0) is 22.9. The minimum atomic E-state index is -0.0978. The summed E-state index contributed by atoms with van der Waals surface area (Å²) in [5, 5.41) is 9.63. The molecule has 0 fully saturated rings. The van der Waals surface area contributed by atoms with Crippen LogP contribution in [-0.2, 0) is 12.2 Å². The van der Waals surface area contributed by atoms with E-state index in [2.05, 4.69) is 30.1 Å². The Morgan fingerprint density at radius 3 is 2.61 bits per heavy atom. The van der Waals surface area contributed by atoms with Crippen LogP contribution in [0.4, 0.5) is 0 Å². The van der Waals surface area contributed by atoms with Crippen molar-refractivity contribution in [3.05, 3.63) is 86.8 Å². The van der Waals surface area contributed by atoms with Gasteiger partial charge in [-0.25, -0.2) is 4.98 Å². The van der Waals surface area contributed by atoms with Crippen LogP contribution in [0.15, 0.2) is 69.0 Å². The average molecular weight is 475 g/mol. The Kier molecular flexibility index (Phi) is 5.86. The molecule has 3 heterocycles. The zero-order valence-corrected chi connectivity index (χ0v) is 20.2. The first-order valence-electron chi connectivity index (χ1n) is 10.7. The summed E-state index contributed by atoms with van der Waals surface area (Å²) in [7, 11) is 0. The second kappa shape index (κ2) is 8.96. The van der Waals surface area contributed by atoms with Crippen LogP contribution in [0.3, 0.4) is 0 Å². The number of aryl methyl sites for hydroxylation is 3. The number of para-hydroxylation sites is 1. The van der Waals surface area contributed by atoms with E-state index in [1.54, 1.807) is 15.9 Å². The van der Waals surface area contributed by atoms with Crippen molar-refractivity contribution in [2.45, 2.75) is 38.1 Å². The van der Waals surface area contributed by atoms with Crippen molar-refractivity contribution >= 4 is 34.0 Å². The standard InChI is InChI=1S/C25H22N4O2S2/c1-4-20-16(3)13-21(33-20)23-28-27-22(31-23)14-32-25-26-19-8-6-5-7-18(19)24(30)29(25)17-11-9-15(2)10-12-17/h5-13H,4,14H2,1-3H3. The second-order valence-corrected chi connectivity index (χ2v) is 9.83. The zero-order valence-electron chi connectivity index (χ0n) is 18.5. The van der Waals surface area contributed by atoms with Gasteiger partial charge in [-0.3, -0.25) is 9.36 Å². The monoisotopic (exact) mass is 474 g/mol. The van der Waals surface area contributed by atoms with Crippen LogP contribution in [0.2, 0.25) is 0 Å². The lowest BCUT2D eigenvalue weighted by Crippen LogP contribution is -2.21. The number of fused-ring (bicyclic) bond motifs is 1. The molecular formula is C25H22N4O2S2. The lowest BCUT2D eigenvalue weighted by molar-refractivity contribution is 0.529. The summed E-state index contributed by atoms with van der Waals surface area (Å²) >= 11 is 3.09. The summed E-state index contributed by atoms with van der Waals surface area (Å²) in [6.07, 6.45) is 0.984. The van der Waals surface area contributed by atoms with Crippen LogP contribution < -0.4 is 5.56 Å². The van der Waals surface area contributed by atoms with Crippen molar-refractivity contribution in [3.63, 3.8) is 0 Å². The van der Waals surface area contributed by atoms with Crippen LogP contribution in [0, 0.1) is 13.8 Å². The van der Waals surface area contributed by atoms with Crippen molar-refractivity contribution in [2.75, 3.05) is 0 Å². The number of thiophene rings is 1.